The van der Waals surface area contributed by atoms with Gasteiger partial charge in [0.2, 0.25) is 0 Å². The van der Waals surface area contributed by atoms with Crippen LogP contribution in [-0.2, 0) is 6.18 Å². The summed E-state index contributed by atoms with van der Waals surface area (Å²) in [5.74, 6) is 0.161. The van der Waals surface area contributed by atoms with Gasteiger partial charge in [0, 0.05) is 11.6 Å². The van der Waals surface area contributed by atoms with Gasteiger partial charge in [-0.05, 0) is 31.5 Å². The Morgan fingerprint density at radius 2 is 2.00 bits per heavy atom. The molecule has 0 saturated carbocycles. The summed E-state index contributed by atoms with van der Waals surface area (Å²) in [6.07, 6.45) is -3.06. The third-order valence-electron chi connectivity index (χ3n) is 2.68. The third kappa shape index (κ3) is 3.61. The zero-order valence-electron chi connectivity index (χ0n) is 10.1. The van der Waals surface area contributed by atoms with E-state index < -0.39 is 11.7 Å². The zero-order chi connectivity index (χ0) is 13.8. The van der Waals surface area contributed by atoms with Gasteiger partial charge in [-0.25, -0.2) is 0 Å². The molecule has 0 aromatic heterocycles. The summed E-state index contributed by atoms with van der Waals surface area (Å²) in [7, 11) is 1.33. The number of hydrogen-bond donors (Lipinski definition) is 2. The van der Waals surface area contributed by atoms with Crippen LogP contribution in [0.25, 0.3) is 0 Å². The van der Waals surface area contributed by atoms with Crippen LogP contribution in [-0.4, -0.2) is 13.7 Å². The van der Waals surface area contributed by atoms with E-state index in [-0.39, 0.29) is 11.8 Å². The molecule has 0 spiro atoms. The normalized spacial score (nSPS) is 13.4. The van der Waals surface area contributed by atoms with Crippen LogP contribution in [0.15, 0.2) is 18.2 Å². The number of ether oxygens (including phenoxy) is 1. The minimum absolute atomic E-state index is 0.161. The fraction of sp³-hybridized carbons (Fsp3) is 0.500. The molecule has 3 nitrogen and oxygen atoms in total. The van der Waals surface area contributed by atoms with Crippen LogP contribution in [0.3, 0.4) is 0 Å². The van der Waals surface area contributed by atoms with Gasteiger partial charge in [-0.15, -0.1) is 0 Å². The first-order valence-electron chi connectivity index (χ1n) is 5.61. The average molecular weight is 262 g/mol. The molecule has 18 heavy (non-hydrogen) atoms. The van der Waals surface area contributed by atoms with Crippen LogP contribution in [0.4, 0.5) is 13.2 Å². The van der Waals surface area contributed by atoms with Gasteiger partial charge in [0.15, 0.2) is 0 Å². The molecule has 4 N–H and O–H groups in total. The molecule has 0 bridgehead atoms. The van der Waals surface area contributed by atoms with Crippen molar-refractivity contribution in [1.29, 1.82) is 0 Å². The minimum atomic E-state index is -4.38. The highest BCUT2D eigenvalue weighted by Gasteiger charge is 2.31. The standard InChI is InChI=1S/C12H17F3N2O/c1-18-11-7-8(12(13,14)15)4-5-9(11)10(17)3-2-6-16/h4-5,7,10H,2-3,6,16-17H2,1H3/t10-/m0/s1. The van der Waals surface area contributed by atoms with E-state index in [2.05, 4.69) is 0 Å². The van der Waals surface area contributed by atoms with Crippen LogP contribution >= 0.6 is 0 Å². The Kier molecular flexibility index (Phi) is 4.98. The second kappa shape index (κ2) is 6.06. The SMILES string of the molecule is COc1cc(C(F)(F)F)ccc1[C@@H](N)CCCN. The van der Waals surface area contributed by atoms with Crippen LogP contribution in [0.2, 0.25) is 0 Å². The molecule has 0 aliphatic carbocycles. The van der Waals surface area contributed by atoms with Crippen molar-refractivity contribution in [3.63, 3.8) is 0 Å². The summed E-state index contributed by atoms with van der Waals surface area (Å²) < 4.78 is 42.6. The van der Waals surface area contributed by atoms with Crippen molar-refractivity contribution in [3.8, 4) is 5.75 Å². The van der Waals surface area contributed by atoms with Gasteiger partial charge in [-0.3, -0.25) is 0 Å². The fourth-order valence-electron chi connectivity index (χ4n) is 1.69. The molecule has 0 saturated heterocycles. The Labute approximate surface area is 104 Å². The molecule has 102 valence electrons. The highest BCUT2D eigenvalue weighted by molar-refractivity contribution is 5.40. The second-order valence-corrected chi connectivity index (χ2v) is 3.99. The molecule has 0 unspecified atom stereocenters. The number of alkyl halides is 3. The Hall–Kier alpha value is -1.27. The summed E-state index contributed by atoms with van der Waals surface area (Å²) in [4.78, 5) is 0. The number of benzene rings is 1. The van der Waals surface area contributed by atoms with Crippen molar-refractivity contribution in [1.82, 2.24) is 0 Å². The van der Waals surface area contributed by atoms with Crippen molar-refractivity contribution in [2.24, 2.45) is 11.5 Å². The summed E-state index contributed by atoms with van der Waals surface area (Å²) >= 11 is 0. The van der Waals surface area contributed by atoms with Crippen LogP contribution < -0.4 is 16.2 Å². The second-order valence-electron chi connectivity index (χ2n) is 3.99. The minimum Gasteiger partial charge on any atom is -0.496 e. The number of hydrogen-bond acceptors (Lipinski definition) is 3. The highest BCUT2D eigenvalue weighted by atomic mass is 19.4. The first kappa shape index (κ1) is 14.8. The molecule has 1 aromatic carbocycles. The van der Waals surface area contributed by atoms with E-state index in [0.29, 0.717) is 24.9 Å². The lowest BCUT2D eigenvalue weighted by atomic mass is 10.00. The summed E-state index contributed by atoms with van der Waals surface area (Å²) in [6, 6.07) is 2.98. The van der Waals surface area contributed by atoms with E-state index in [9.17, 15) is 13.2 Å². The van der Waals surface area contributed by atoms with Crippen LogP contribution in [0.5, 0.6) is 5.75 Å². The van der Waals surface area contributed by atoms with E-state index in [4.69, 9.17) is 16.2 Å². The molecule has 1 rings (SSSR count). The predicted molar refractivity (Wildman–Crippen MR) is 63.2 cm³/mol. The van der Waals surface area contributed by atoms with Gasteiger partial charge in [0.1, 0.15) is 5.75 Å². The van der Waals surface area contributed by atoms with Crippen molar-refractivity contribution < 1.29 is 17.9 Å². The third-order valence-corrected chi connectivity index (χ3v) is 2.68. The molecular weight excluding hydrogens is 245 g/mol. The Morgan fingerprint density at radius 3 is 2.50 bits per heavy atom. The zero-order valence-corrected chi connectivity index (χ0v) is 10.1. The molecular formula is C12H17F3N2O. The van der Waals surface area contributed by atoms with Gasteiger partial charge in [0.05, 0.1) is 12.7 Å². The molecule has 0 aliphatic rings. The lowest BCUT2D eigenvalue weighted by molar-refractivity contribution is -0.137. The topological polar surface area (TPSA) is 61.3 Å². The smallest absolute Gasteiger partial charge is 0.416 e. The van der Waals surface area contributed by atoms with Crippen molar-refractivity contribution in [2.75, 3.05) is 13.7 Å². The number of nitrogens with two attached hydrogens (primary N) is 2. The molecule has 0 fully saturated rings. The maximum absolute atomic E-state index is 12.5. The molecule has 0 radical (unpaired) electrons. The lowest BCUT2D eigenvalue weighted by Gasteiger charge is -2.17. The quantitative estimate of drug-likeness (QED) is 0.856. The van der Waals surface area contributed by atoms with Gasteiger partial charge >= 0.3 is 6.18 Å². The van der Waals surface area contributed by atoms with Crippen molar-refractivity contribution in [2.45, 2.75) is 25.1 Å². The molecule has 0 heterocycles. The number of methoxy groups -OCH3 is 1. The summed E-state index contributed by atoms with van der Waals surface area (Å²) in [6.45, 7) is 0.497. The Bertz CT molecular complexity index is 393. The predicted octanol–water partition coefficient (Wildman–Crippen LogP) is 2.45. The van der Waals surface area contributed by atoms with Crippen LogP contribution in [0, 0.1) is 0 Å². The summed E-state index contributed by atoms with van der Waals surface area (Å²) in [5.41, 5.74) is 11.1. The maximum atomic E-state index is 12.5. The van der Waals surface area contributed by atoms with Gasteiger partial charge in [0.25, 0.3) is 0 Å². The van der Waals surface area contributed by atoms with E-state index in [1.54, 1.807) is 0 Å². The number of rotatable bonds is 5. The van der Waals surface area contributed by atoms with E-state index in [1.807, 2.05) is 0 Å². The largest absolute Gasteiger partial charge is 0.496 e. The highest BCUT2D eigenvalue weighted by Crippen LogP contribution is 2.35. The Balaban J connectivity index is 3.00. The van der Waals surface area contributed by atoms with E-state index in [0.717, 1.165) is 12.1 Å². The van der Waals surface area contributed by atoms with Gasteiger partial charge in [-0.1, -0.05) is 6.07 Å². The van der Waals surface area contributed by atoms with Crippen molar-refractivity contribution in [3.05, 3.63) is 29.3 Å². The van der Waals surface area contributed by atoms with Crippen molar-refractivity contribution >= 4 is 0 Å². The monoisotopic (exact) mass is 262 g/mol. The van der Waals surface area contributed by atoms with Gasteiger partial charge in [-0.2, -0.15) is 13.2 Å². The molecule has 0 amide bonds. The van der Waals surface area contributed by atoms with Crippen LogP contribution in [0.1, 0.15) is 30.0 Å². The lowest BCUT2D eigenvalue weighted by Crippen LogP contribution is -2.14. The molecule has 1 atom stereocenters. The fourth-order valence-corrected chi connectivity index (χ4v) is 1.69. The molecule has 1 aromatic rings. The molecule has 0 aliphatic heterocycles. The maximum Gasteiger partial charge on any atom is 0.416 e. The number of halogens is 3. The Morgan fingerprint density at radius 1 is 1.33 bits per heavy atom. The average Bonchev–Trinajstić information content (AvgIpc) is 2.34. The first-order valence-corrected chi connectivity index (χ1v) is 5.61. The first-order chi connectivity index (χ1) is 8.40. The van der Waals surface area contributed by atoms with E-state index in [1.165, 1.54) is 13.2 Å². The van der Waals surface area contributed by atoms with E-state index >= 15 is 0 Å². The molecule has 6 heteroatoms. The van der Waals surface area contributed by atoms with Gasteiger partial charge < -0.3 is 16.2 Å². The summed E-state index contributed by atoms with van der Waals surface area (Å²) in [5, 5.41) is 0.